The predicted octanol–water partition coefficient (Wildman–Crippen LogP) is 2.94. The van der Waals surface area contributed by atoms with Gasteiger partial charge in [0.15, 0.2) is 0 Å². The van der Waals surface area contributed by atoms with E-state index < -0.39 is 18.8 Å². The van der Waals surface area contributed by atoms with Crippen molar-refractivity contribution in [1.82, 2.24) is 0 Å². The third-order valence-electron chi connectivity index (χ3n) is 3.31. The van der Waals surface area contributed by atoms with E-state index in [9.17, 15) is 13.2 Å². The Hall–Kier alpha value is -1.27. The van der Waals surface area contributed by atoms with Crippen LogP contribution in [-0.2, 0) is 10.2 Å². The van der Waals surface area contributed by atoms with Crippen LogP contribution in [0.4, 0.5) is 13.2 Å². The summed E-state index contributed by atoms with van der Waals surface area (Å²) in [5.74, 6) is 0.808. The van der Waals surface area contributed by atoms with Crippen molar-refractivity contribution in [3.63, 3.8) is 0 Å². The van der Waals surface area contributed by atoms with Gasteiger partial charge in [-0.2, -0.15) is 13.2 Å². The lowest BCUT2D eigenvalue weighted by Crippen LogP contribution is -2.23. The summed E-state index contributed by atoms with van der Waals surface area (Å²) in [7, 11) is 0. The summed E-state index contributed by atoms with van der Waals surface area (Å²) in [6.45, 7) is 3.24. The number of alkyl halides is 3. The Balaban J connectivity index is 2.03. The average Bonchev–Trinajstić information content (AvgIpc) is 2.63. The van der Waals surface area contributed by atoms with Crippen LogP contribution in [0.15, 0.2) is 18.2 Å². The van der Waals surface area contributed by atoms with Gasteiger partial charge in [0.1, 0.15) is 12.4 Å². The molecule has 1 aromatic carbocycles. The van der Waals surface area contributed by atoms with E-state index in [1.807, 2.05) is 26.0 Å². The van der Waals surface area contributed by atoms with Crippen LogP contribution in [0.3, 0.4) is 0 Å². The minimum atomic E-state index is -4.33. The molecule has 0 saturated carbocycles. The monoisotopic (exact) mass is 289 g/mol. The van der Waals surface area contributed by atoms with Crippen LogP contribution in [0.5, 0.6) is 5.75 Å². The Bertz CT molecular complexity index is 486. The molecule has 1 aliphatic heterocycles. The minimum absolute atomic E-state index is 0.113. The van der Waals surface area contributed by atoms with Gasteiger partial charge in [0.05, 0.1) is 19.3 Å². The maximum absolute atomic E-state index is 12.0. The lowest BCUT2D eigenvalue weighted by atomic mass is 9.85. The van der Waals surface area contributed by atoms with Crippen molar-refractivity contribution in [3.05, 3.63) is 29.3 Å². The third-order valence-corrected chi connectivity index (χ3v) is 3.31. The van der Waals surface area contributed by atoms with E-state index in [0.29, 0.717) is 6.61 Å². The average molecular weight is 289 g/mol. The Morgan fingerprint density at radius 1 is 1.40 bits per heavy atom. The summed E-state index contributed by atoms with van der Waals surface area (Å²) >= 11 is 0. The van der Waals surface area contributed by atoms with Crippen molar-refractivity contribution in [2.45, 2.75) is 31.5 Å². The number of hydrogen-bond acceptors (Lipinski definition) is 3. The maximum atomic E-state index is 12.0. The molecule has 3 nitrogen and oxygen atoms in total. The first kappa shape index (κ1) is 15.1. The molecule has 1 unspecified atom stereocenters. The molecule has 0 aliphatic carbocycles. The molecule has 1 aliphatic rings. The molecule has 1 heterocycles. The number of fused-ring (bicyclic) bond motifs is 1. The highest BCUT2D eigenvalue weighted by Crippen LogP contribution is 2.39. The highest BCUT2D eigenvalue weighted by atomic mass is 19.4. The first-order chi connectivity index (χ1) is 9.19. The summed E-state index contributed by atoms with van der Waals surface area (Å²) < 4.78 is 46.2. The fourth-order valence-corrected chi connectivity index (χ4v) is 2.17. The summed E-state index contributed by atoms with van der Waals surface area (Å²) in [5, 5.41) is 0. The Labute approximate surface area is 115 Å². The summed E-state index contributed by atoms with van der Waals surface area (Å²) in [6, 6.07) is 4.88. The van der Waals surface area contributed by atoms with Crippen molar-refractivity contribution in [3.8, 4) is 5.75 Å². The zero-order valence-electron chi connectivity index (χ0n) is 11.5. The van der Waals surface area contributed by atoms with Gasteiger partial charge >= 0.3 is 6.18 Å². The van der Waals surface area contributed by atoms with Gasteiger partial charge in [-0.1, -0.05) is 19.9 Å². The van der Waals surface area contributed by atoms with Crippen molar-refractivity contribution in [2.24, 2.45) is 5.73 Å². The van der Waals surface area contributed by atoms with Crippen LogP contribution in [0.25, 0.3) is 0 Å². The second-order valence-electron chi connectivity index (χ2n) is 5.66. The van der Waals surface area contributed by atoms with E-state index in [4.69, 9.17) is 10.5 Å². The maximum Gasteiger partial charge on any atom is 0.411 e. The molecule has 1 atom stereocenters. The Morgan fingerprint density at radius 2 is 2.10 bits per heavy atom. The van der Waals surface area contributed by atoms with Gasteiger partial charge < -0.3 is 15.2 Å². The standard InChI is InChI=1S/C14H18F3NO2/c1-13(2)7-20-12-4-3-9(5-10(12)13)11(18)6-19-8-14(15,16)17/h3-5,11H,6-8,18H2,1-2H3. The van der Waals surface area contributed by atoms with Gasteiger partial charge in [-0.05, 0) is 17.7 Å². The molecule has 112 valence electrons. The van der Waals surface area contributed by atoms with Crippen LogP contribution in [0.1, 0.15) is 31.0 Å². The van der Waals surface area contributed by atoms with Crippen LogP contribution < -0.4 is 10.5 Å². The van der Waals surface area contributed by atoms with E-state index in [1.165, 1.54) is 0 Å². The van der Waals surface area contributed by atoms with Gasteiger partial charge in [-0.15, -0.1) is 0 Å². The first-order valence-electron chi connectivity index (χ1n) is 6.36. The van der Waals surface area contributed by atoms with Gasteiger partial charge in [0.25, 0.3) is 0 Å². The van der Waals surface area contributed by atoms with E-state index in [1.54, 1.807) is 6.07 Å². The van der Waals surface area contributed by atoms with Crippen molar-refractivity contribution < 1.29 is 22.6 Å². The van der Waals surface area contributed by atoms with Gasteiger partial charge in [0.2, 0.25) is 0 Å². The Morgan fingerprint density at radius 3 is 2.75 bits per heavy atom. The minimum Gasteiger partial charge on any atom is -0.492 e. The fraction of sp³-hybridized carbons (Fsp3) is 0.571. The van der Waals surface area contributed by atoms with Crippen LogP contribution in [0.2, 0.25) is 0 Å². The number of ether oxygens (including phenoxy) is 2. The quantitative estimate of drug-likeness (QED) is 0.927. The number of benzene rings is 1. The van der Waals surface area contributed by atoms with Crippen LogP contribution in [-0.4, -0.2) is 26.0 Å². The summed E-state index contributed by atoms with van der Waals surface area (Å²) in [5.41, 5.74) is 7.54. The first-order valence-corrected chi connectivity index (χ1v) is 6.36. The molecular weight excluding hydrogens is 271 g/mol. The van der Waals surface area contributed by atoms with Crippen LogP contribution >= 0.6 is 0 Å². The lowest BCUT2D eigenvalue weighted by molar-refractivity contribution is -0.174. The topological polar surface area (TPSA) is 44.5 Å². The highest BCUT2D eigenvalue weighted by Gasteiger charge is 2.32. The molecule has 2 N–H and O–H groups in total. The zero-order chi connectivity index (χ0) is 15.0. The molecule has 2 rings (SSSR count). The fourth-order valence-electron chi connectivity index (χ4n) is 2.17. The largest absolute Gasteiger partial charge is 0.492 e. The van der Waals surface area contributed by atoms with Crippen molar-refractivity contribution >= 4 is 0 Å². The highest BCUT2D eigenvalue weighted by molar-refractivity contribution is 5.45. The van der Waals surface area contributed by atoms with E-state index >= 15 is 0 Å². The molecule has 20 heavy (non-hydrogen) atoms. The second-order valence-corrected chi connectivity index (χ2v) is 5.66. The third kappa shape index (κ3) is 3.43. The molecule has 6 heteroatoms. The summed E-state index contributed by atoms with van der Waals surface area (Å²) in [6.07, 6.45) is -4.33. The second kappa shape index (κ2) is 5.26. The molecule has 0 radical (unpaired) electrons. The molecule has 0 spiro atoms. The summed E-state index contributed by atoms with van der Waals surface area (Å²) in [4.78, 5) is 0. The number of halogens is 3. The zero-order valence-corrected chi connectivity index (χ0v) is 11.5. The van der Waals surface area contributed by atoms with Gasteiger partial charge in [-0.3, -0.25) is 0 Å². The molecule has 0 aromatic heterocycles. The molecule has 0 bridgehead atoms. The Kier molecular flexibility index (Phi) is 3.97. The lowest BCUT2D eigenvalue weighted by Gasteiger charge is -2.18. The van der Waals surface area contributed by atoms with E-state index in [2.05, 4.69) is 4.74 Å². The van der Waals surface area contributed by atoms with Gasteiger partial charge in [0, 0.05) is 11.0 Å². The van der Waals surface area contributed by atoms with Gasteiger partial charge in [-0.25, -0.2) is 0 Å². The number of rotatable bonds is 4. The van der Waals surface area contributed by atoms with Crippen molar-refractivity contribution in [2.75, 3.05) is 19.8 Å². The number of hydrogen-bond donors (Lipinski definition) is 1. The molecule has 0 saturated heterocycles. The van der Waals surface area contributed by atoms with E-state index in [-0.39, 0.29) is 12.0 Å². The number of nitrogens with two attached hydrogens (primary N) is 1. The SMILES string of the molecule is CC1(C)COc2ccc(C(N)COCC(F)(F)F)cc21. The normalized spacial score (nSPS) is 18.5. The molecule has 0 amide bonds. The van der Waals surface area contributed by atoms with E-state index in [0.717, 1.165) is 16.9 Å². The predicted molar refractivity (Wildman–Crippen MR) is 68.8 cm³/mol. The molecule has 0 fully saturated rings. The van der Waals surface area contributed by atoms with Crippen molar-refractivity contribution in [1.29, 1.82) is 0 Å². The smallest absolute Gasteiger partial charge is 0.411 e. The molecule has 1 aromatic rings. The van der Waals surface area contributed by atoms with Crippen LogP contribution in [0, 0.1) is 0 Å². The molecular formula is C14H18F3NO2.